The summed E-state index contributed by atoms with van der Waals surface area (Å²) in [5.41, 5.74) is 0.830. The molecule has 12 heteroatoms. The van der Waals surface area contributed by atoms with Crippen LogP contribution in [0.2, 0.25) is 5.15 Å². The van der Waals surface area contributed by atoms with E-state index in [4.69, 9.17) is 21.1 Å². The van der Waals surface area contributed by atoms with Crippen LogP contribution in [0.25, 0.3) is 10.8 Å². The normalized spacial score (nSPS) is 15.8. The number of anilines is 1. The quantitative estimate of drug-likeness (QED) is 0.328. The second-order valence-corrected chi connectivity index (χ2v) is 9.07. The Morgan fingerprint density at radius 2 is 2.03 bits per heavy atom. The van der Waals surface area contributed by atoms with Gasteiger partial charge in [-0.2, -0.15) is 0 Å². The predicted molar refractivity (Wildman–Crippen MR) is 123 cm³/mol. The van der Waals surface area contributed by atoms with E-state index >= 15 is 0 Å². The van der Waals surface area contributed by atoms with E-state index in [9.17, 15) is 13.6 Å². The molecule has 0 unspecified atom stereocenters. The van der Waals surface area contributed by atoms with Gasteiger partial charge >= 0.3 is 6.09 Å². The summed E-state index contributed by atoms with van der Waals surface area (Å²) in [4.78, 5) is 24.9. The highest BCUT2D eigenvalue weighted by atomic mass is 35.5. The summed E-state index contributed by atoms with van der Waals surface area (Å²) < 4.78 is 37.9. The van der Waals surface area contributed by atoms with Crippen molar-refractivity contribution >= 4 is 34.8 Å². The van der Waals surface area contributed by atoms with Gasteiger partial charge in [0.25, 0.3) is 0 Å². The molecule has 1 saturated carbocycles. The van der Waals surface area contributed by atoms with E-state index < -0.39 is 12.0 Å². The number of hydrogen-bond acceptors (Lipinski definition) is 8. The highest BCUT2D eigenvalue weighted by molar-refractivity contribution is 7.13. The molecule has 3 rings (SSSR count). The van der Waals surface area contributed by atoms with Gasteiger partial charge in [-0.25, -0.2) is 28.5 Å². The summed E-state index contributed by atoms with van der Waals surface area (Å²) in [5, 5.41) is 8.34. The molecule has 0 saturated heterocycles. The van der Waals surface area contributed by atoms with Crippen LogP contribution in [0.5, 0.6) is 5.75 Å². The Morgan fingerprint density at radius 3 is 2.70 bits per heavy atom. The van der Waals surface area contributed by atoms with Gasteiger partial charge in [0.05, 0.1) is 13.2 Å². The SMILES string of the molecule is CCCCOC(=O)NCCOc1c(Cl)nc(-c2nc(C)cs2)nc1NC1CCC(F)(F)CC1. The second kappa shape index (κ2) is 11.7. The average Bonchev–Trinajstić information content (AvgIpc) is 3.20. The number of hydrogen-bond donors (Lipinski definition) is 2. The number of nitrogens with zero attached hydrogens (tertiary/aromatic N) is 3. The molecule has 0 atom stereocenters. The van der Waals surface area contributed by atoms with Gasteiger partial charge in [0.15, 0.2) is 27.6 Å². The van der Waals surface area contributed by atoms with Crippen LogP contribution in [0.1, 0.15) is 51.1 Å². The lowest BCUT2D eigenvalue weighted by molar-refractivity contribution is -0.0361. The average molecular weight is 504 g/mol. The number of thiazole rings is 1. The lowest BCUT2D eigenvalue weighted by Crippen LogP contribution is -2.32. The molecule has 1 aliphatic rings. The van der Waals surface area contributed by atoms with E-state index in [1.165, 1.54) is 11.3 Å². The number of alkyl halides is 2. The van der Waals surface area contributed by atoms with Gasteiger partial charge in [-0.1, -0.05) is 24.9 Å². The molecule has 1 fully saturated rings. The Labute approximate surface area is 200 Å². The maximum Gasteiger partial charge on any atom is 0.407 e. The molecule has 0 aliphatic heterocycles. The van der Waals surface area contributed by atoms with Gasteiger partial charge in [0.2, 0.25) is 5.92 Å². The molecule has 0 radical (unpaired) electrons. The molecule has 2 aromatic rings. The zero-order chi connectivity index (χ0) is 23.8. The molecule has 2 N–H and O–H groups in total. The van der Waals surface area contributed by atoms with Crippen LogP contribution < -0.4 is 15.4 Å². The predicted octanol–water partition coefficient (Wildman–Crippen LogP) is 5.46. The third-order valence-corrected chi connectivity index (χ3v) is 6.25. The molecule has 0 bridgehead atoms. The zero-order valence-electron chi connectivity index (χ0n) is 18.6. The smallest absolute Gasteiger partial charge is 0.407 e. The molecule has 1 amide bonds. The number of aryl methyl sites for hydroxylation is 1. The van der Waals surface area contributed by atoms with Crippen molar-refractivity contribution in [3.63, 3.8) is 0 Å². The summed E-state index contributed by atoms with van der Waals surface area (Å²) >= 11 is 7.79. The first-order valence-corrected chi connectivity index (χ1v) is 12.2. The van der Waals surface area contributed by atoms with Crippen LogP contribution in [-0.4, -0.2) is 52.8 Å². The third kappa shape index (κ3) is 7.63. The Balaban J connectivity index is 1.69. The van der Waals surface area contributed by atoms with E-state index in [-0.39, 0.29) is 42.9 Å². The van der Waals surface area contributed by atoms with Crippen LogP contribution in [0.4, 0.5) is 19.4 Å². The number of halogens is 3. The van der Waals surface area contributed by atoms with Crippen LogP contribution in [0, 0.1) is 6.92 Å². The molecule has 0 aromatic carbocycles. The maximum atomic E-state index is 13.6. The molecule has 1 aliphatic carbocycles. The fourth-order valence-corrected chi connectivity index (χ4v) is 4.20. The summed E-state index contributed by atoms with van der Waals surface area (Å²) in [6.45, 7) is 4.50. The molecule has 0 spiro atoms. The number of alkyl carbamates (subject to hydrolysis) is 1. The first-order valence-electron chi connectivity index (χ1n) is 10.9. The number of rotatable bonds is 10. The van der Waals surface area contributed by atoms with Gasteiger partial charge in [-0.15, -0.1) is 11.3 Å². The number of nitrogens with one attached hydrogen (secondary N) is 2. The van der Waals surface area contributed by atoms with E-state index in [1.807, 2.05) is 19.2 Å². The van der Waals surface area contributed by atoms with Crippen molar-refractivity contribution in [2.45, 2.75) is 64.3 Å². The Hall–Kier alpha value is -2.27. The van der Waals surface area contributed by atoms with Crippen LogP contribution in [-0.2, 0) is 4.74 Å². The highest BCUT2D eigenvalue weighted by Crippen LogP contribution is 2.38. The molecule has 182 valence electrons. The van der Waals surface area contributed by atoms with Crippen molar-refractivity contribution in [2.24, 2.45) is 0 Å². The minimum absolute atomic E-state index is 0.0713. The topological polar surface area (TPSA) is 98.3 Å². The van der Waals surface area contributed by atoms with Crippen molar-refractivity contribution in [1.29, 1.82) is 0 Å². The number of carbonyl (C=O) groups excluding carboxylic acids is 1. The minimum Gasteiger partial charge on any atom is -0.485 e. The van der Waals surface area contributed by atoms with Gasteiger partial charge in [0.1, 0.15) is 6.61 Å². The largest absolute Gasteiger partial charge is 0.485 e. The van der Waals surface area contributed by atoms with Crippen LogP contribution in [0.15, 0.2) is 5.38 Å². The fourth-order valence-electron chi connectivity index (χ4n) is 3.25. The number of unbranched alkanes of at least 4 members (excludes halogenated alkanes) is 1. The fraction of sp³-hybridized carbons (Fsp3) is 0.619. The van der Waals surface area contributed by atoms with Crippen LogP contribution in [0.3, 0.4) is 0 Å². The molecule has 8 nitrogen and oxygen atoms in total. The van der Waals surface area contributed by atoms with E-state index in [2.05, 4.69) is 25.6 Å². The summed E-state index contributed by atoms with van der Waals surface area (Å²) in [6.07, 6.45) is 1.41. The van der Waals surface area contributed by atoms with Crippen molar-refractivity contribution < 1.29 is 23.0 Å². The summed E-state index contributed by atoms with van der Waals surface area (Å²) in [5.74, 6) is -1.79. The number of ether oxygens (including phenoxy) is 2. The second-order valence-electron chi connectivity index (χ2n) is 7.85. The molecular formula is C21H28ClF2N5O3S. The molecular weight excluding hydrogens is 476 g/mol. The van der Waals surface area contributed by atoms with Crippen molar-refractivity contribution in [1.82, 2.24) is 20.3 Å². The third-order valence-electron chi connectivity index (χ3n) is 5.04. The Morgan fingerprint density at radius 1 is 1.27 bits per heavy atom. The first-order chi connectivity index (χ1) is 15.8. The standard InChI is InChI=1S/C21H28ClF2N5O3S/c1-3-4-10-32-20(30)25-9-11-31-15-16(22)28-18(19-26-13(2)12-33-19)29-17(15)27-14-5-7-21(23,24)8-6-14/h12,14H,3-11H2,1-2H3,(H,25,30)(H,27,28,29). The Bertz CT molecular complexity index is 937. The zero-order valence-corrected chi connectivity index (χ0v) is 20.2. The van der Waals surface area contributed by atoms with Crippen molar-refractivity contribution in [3.05, 3.63) is 16.2 Å². The maximum absolute atomic E-state index is 13.6. The van der Waals surface area contributed by atoms with E-state index in [0.717, 1.165) is 18.5 Å². The lowest BCUT2D eigenvalue weighted by atomic mass is 9.92. The molecule has 33 heavy (non-hydrogen) atoms. The number of aromatic nitrogens is 3. The van der Waals surface area contributed by atoms with Crippen molar-refractivity contribution in [2.75, 3.05) is 25.1 Å². The van der Waals surface area contributed by atoms with Gasteiger partial charge in [0, 0.05) is 30.0 Å². The van der Waals surface area contributed by atoms with Gasteiger partial charge in [-0.3, -0.25) is 0 Å². The van der Waals surface area contributed by atoms with Crippen LogP contribution >= 0.6 is 22.9 Å². The highest BCUT2D eigenvalue weighted by Gasteiger charge is 2.35. The Kier molecular flexibility index (Phi) is 9.02. The number of carbonyl (C=O) groups is 1. The van der Waals surface area contributed by atoms with Gasteiger partial charge in [-0.05, 0) is 26.2 Å². The van der Waals surface area contributed by atoms with Crippen molar-refractivity contribution in [3.8, 4) is 16.6 Å². The lowest BCUT2D eigenvalue weighted by Gasteiger charge is -2.29. The summed E-state index contributed by atoms with van der Waals surface area (Å²) in [6, 6.07) is -0.199. The monoisotopic (exact) mass is 503 g/mol. The summed E-state index contributed by atoms with van der Waals surface area (Å²) in [7, 11) is 0. The van der Waals surface area contributed by atoms with E-state index in [0.29, 0.717) is 36.1 Å². The first kappa shape index (κ1) is 25.4. The van der Waals surface area contributed by atoms with Gasteiger partial charge < -0.3 is 20.1 Å². The minimum atomic E-state index is -2.64. The van der Waals surface area contributed by atoms with E-state index in [1.54, 1.807) is 0 Å². The number of amides is 1. The molecule has 2 aromatic heterocycles. The molecule has 2 heterocycles.